The summed E-state index contributed by atoms with van der Waals surface area (Å²) >= 11 is 0. The molecule has 0 aromatic heterocycles. The average molecular weight is 255 g/mol. The highest BCUT2D eigenvalue weighted by Gasteiger charge is 2.32. The minimum absolute atomic E-state index is 0.0721. The van der Waals surface area contributed by atoms with Crippen molar-refractivity contribution in [3.63, 3.8) is 0 Å². The van der Waals surface area contributed by atoms with Gasteiger partial charge in [0.1, 0.15) is 0 Å². The summed E-state index contributed by atoms with van der Waals surface area (Å²) in [5.41, 5.74) is 5.80. The van der Waals surface area contributed by atoms with Crippen molar-refractivity contribution in [2.45, 2.75) is 44.9 Å². The molecular weight excluding hydrogens is 230 g/mol. The maximum atomic E-state index is 11.7. The molecule has 2 aliphatic heterocycles. The molecule has 3 unspecified atom stereocenters. The minimum Gasteiger partial charge on any atom is -0.373 e. The van der Waals surface area contributed by atoms with Crippen molar-refractivity contribution >= 4 is 5.91 Å². The normalized spacial score (nSPS) is 30.2. The van der Waals surface area contributed by atoms with Gasteiger partial charge in [0.25, 0.3) is 0 Å². The van der Waals surface area contributed by atoms with Gasteiger partial charge in [-0.1, -0.05) is 13.8 Å². The second-order valence-corrected chi connectivity index (χ2v) is 5.76. The Morgan fingerprint density at radius 3 is 3.06 bits per heavy atom. The van der Waals surface area contributed by atoms with E-state index in [1.54, 1.807) is 0 Å². The Morgan fingerprint density at radius 1 is 1.56 bits per heavy atom. The lowest BCUT2D eigenvalue weighted by molar-refractivity contribution is -0.124. The zero-order chi connectivity index (χ0) is 13.1. The lowest BCUT2D eigenvalue weighted by Crippen LogP contribution is -2.52. The molecule has 0 aromatic carbocycles. The fraction of sp³-hybridized carbons (Fsp3) is 0.923. The first-order chi connectivity index (χ1) is 8.58. The molecule has 1 amide bonds. The molecule has 2 saturated heterocycles. The summed E-state index contributed by atoms with van der Waals surface area (Å²) in [6, 6.07) is 0.183. The van der Waals surface area contributed by atoms with Crippen molar-refractivity contribution in [1.29, 1.82) is 0 Å². The number of nitrogens with zero attached hydrogens (tertiary/aromatic N) is 1. The minimum atomic E-state index is -0.423. The molecule has 2 aliphatic rings. The second kappa shape index (κ2) is 5.99. The van der Waals surface area contributed by atoms with Crippen LogP contribution in [0.2, 0.25) is 0 Å². The van der Waals surface area contributed by atoms with E-state index in [1.165, 1.54) is 19.4 Å². The van der Waals surface area contributed by atoms with Crippen molar-refractivity contribution < 1.29 is 9.53 Å². The summed E-state index contributed by atoms with van der Waals surface area (Å²) in [6.45, 7) is 7.39. The predicted octanol–water partition coefficient (Wildman–Crippen LogP) is -0.0509. The number of morpholine rings is 1. The molecule has 3 atom stereocenters. The van der Waals surface area contributed by atoms with E-state index in [0.29, 0.717) is 12.6 Å². The Kier molecular flexibility index (Phi) is 4.59. The lowest BCUT2D eigenvalue weighted by Gasteiger charge is -2.35. The summed E-state index contributed by atoms with van der Waals surface area (Å²) in [6.07, 6.45) is 2.63. The lowest BCUT2D eigenvalue weighted by atomic mass is 10.0. The van der Waals surface area contributed by atoms with E-state index >= 15 is 0 Å². The van der Waals surface area contributed by atoms with Gasteiger partial charge in [0.05, 0.1) is 18.8 Å². The van der Waals surface area contributed by atoms with Gasteiger partial charge in [-0.15, -0.1) is 0 Å². The molecule has 104 valence electrons. The Hall–Kier alpha value is -0.650. The van der Waals surface area contributed by atoms with Gasteiger partial charge in [-0.2, -0.15) is 0 Å². The van der Waals surface area contributed by atoms with E-state index in [1.807, 2.05) is 13.8 Å². The Morgan fingerprint density at radius 2 is 2.33 bits per heavy atom. The predicted molar refractivity (Wildman–Crippen MR) is 70.2 cm³/mol. The van der Waals surface area contributed by atoms with E-state index in [-0.39, 0.29) is 17.9 Å². The number of carbonyl (C=O) groups is 1. The van der Waals surface area contributed by atoms with Crippen LogP contribution in [-0.2, 0) is 9.53 Å². The van der Waals surface area contributed by atoms with Crippen molar-refractivity contribution in [3.8, 4) is 0 Å². The highest BCUT2D eigenvalue weighted by atomic mass is 16.5. The van der Waals surface area contributed by atoms with Crippen LogP contribution in [0.3, 0.4) is 0 Å². The van der Waals surface area contributed by atoms with Crippen molar-refractivity contribution in [3.05, 3.63) is 0 Å². The molecule has 0 aromatic rings. The van der Waals surface area contributed by atoms with E-state index in [2.05, 4.69) is 10.2 Å². The van der Waals surface area contributed by atoms with Crippen molar-refractivity contribution in [1.82, 2.24) is 10.2 Å². The Bertz CT molecular complexity index is 296. The first kappa shape index (κ1) is 13.8. The van der Waals surface area contributed by atoms with Crippen LogP contribution in [-0.4, -0.2) is 55.2 Å². The Balaban J connectivity index is 1.72. The maximum absolute atomic E-state index is 11.7. The van der Waals surface area contributed by atoms with Crippen LogP contribution >= 0.6 is 0 Å². The Labute approximate surface area is 109 Å². The third kappa shape index (κ3) is 3.22. The molecule has 2 fully saturated rings. The van der Waals surface area contributed by atoms with E-state index in [9.17, 15) is 4.79 Å². The van der Waals surface area contributed by atoms with Gasteiger partial charge in [0, 0.05) is 19.1 Å². The molecule has 18 heavy (non-hydrogen) atoms. The van der Waals surface area contributed by atoms with Gasteiger partial charge >= 0.3 is 0 Å². The maximum Gasteiger partial charge on any atom is 0.237 e. The zero-order valence-electron chi connectivity index (χ0n) is 11.4. The first-order valence-corrected chi connectivity index (χ1v) is 6.97. The number of hydrogen-bond acceptors (Lipinski definition) is 4. The van der Waals surface area contributed by atoms with Gasteiger partial charge < -0.3 is 15.8 Å². The smallest absolute Gasteiger partial charge is 0.237 e. The van der Waals surface area contributed by atoms with Crippen LogP contribution in [0.5, 0.6) is 0 Å². The second-order valence-electron chi connectivity index (χ2n) is 5.76. The number of rotatable bonds is 4. The van der Waals surface area contributed by atoms with Crippen LogP contribution in [0.1, 0.15) is 26.7 Å². The molecule has 0 spiro atoms. The third-order valence-electron chi connectivity index (χ3n) is 3.99. The molecule has 5 nitrogen and oxygen atoms in total. The molecule has 0 bridgehead atoms. The third-order valence-corrected chi connectivity index (χ3v) is 3.99. The van der Waals surface area contributed by atoms with Crippen LogP contribution < -0.4 is 11.1 Å². The number of ether oxygens (including phenoxy) is 1. The van der Waals surface area contributed by atoms with Gasteiger partial charge in [0.15, 0.2) is 0 Å². The van der Waals surface area contributed by atoms with Crippen molar-refractivity contribution in [2.24, 2.45) is 11.7 Å². The number of nitrogens with one attached hydrogen (secondary N) is 1. The van der Waals surface area contributed by atoms with Crippen LogP contribution in [0.4, 0.5) is 0 Å². The monoisotopic (exact) mass is 255 g/mol. The molecule has 3 N–H and O–H groups in total. The number of carbonyl (C=O) groups excluding carboxylic acids is 1. The molecular formula is C13H25N3O2. The number of nitrogens with two attached hydrogens (primary N) is 1. The van der Waals surface area contributed by atoms with Crippen LogP contribution in [0.15, 0.2) is 0 Å². The first-order valence-electron chi connectivity index (χ1n) is 6.97. The molecule has 2 heterocycles. The van der Waals surface area contributed by atoms with Crippen LogP contribution in [0.25, 0.3) is 0 Å². The quantitative estimate of drug-likeness (QED) is 0.739. The van der Waals surface area contributed by atoms with Gasteiger partial charge in [-0.05, 0) is 25.3 Å². The fourth-order valence-electron chi connectivity index (χ4n) is 2.64. The highest BCUT2D eigenvalue weighted by molar-refractivity contribution is 5.81. The summed E-state index contributed by atoms with van der Waals surface area (Å²) in [5, 5.41) is 2.90. The zero-order valence-corrected chi connectivity index (χ0v) is 11.4. The average Bonchev–Trinajstić information content (AvgIpc) is 2.82. The summed E-state index contributed by atoms with van der Waals surface area (Å²) < 4.78 is 5.79. The number of hydrogen-bond donors (Lipinski definition) is 2. The summed E-state index contributed by atoms with van der Waals surface area (Å²) in [4.78, 5) is 14.2. The SMILES string of the molecule is CC(C)C(N)C(=O)NCC1CN2CCCC2CO1. The van der Waals surface area contributed by atoms with Crippen LogP contribution in [0, 0.1) is 5.92 Å². The standard InChI is InChI=1S/C13H25N3O2/c1-9(2)12(14)13(17)15-6-11-7-16-5-3-4-10(16)8-18-11/h9-12H,3-8,14H2,1-2H3,(H,15,17). The van der Waals surface area contributed by atoms with E-state index < -0.39 is 6.04 Å². The van der Waals surface area contributed by atoms with E-state index in [0.717, 1.165) is 13.2 Å². The van der Waals surface area contributed by atoms with E-state index in [4.69, 9.17) is 10.5 Å². The highest BCUT2D eigenvalue weighted by Crippen LogP contribution is 2.22. The summed E-state index contributed by atoms with van der Waals surface area (Å²) in [5.74, 6) is 0.0948. The fourth-order valence-corrected chi connectivity index (χ4v) is 2.64. The largest absolute Gasteiger partial charge is 0.373 e. The molecule has 5 heteroatoms. The summed E-state index contributed by atoms with van der Waals surface area (Å²) in [7, 11) is 0. The van der Waals surface area contributed by atoms with Gasteiger partial charge in [0.2, 0.25) is 5.91 Å². The number of amides is 1. The molecule has 0 aliphatic carbocycles. The molecule has 2 rings (SSSR count). The molecule has 0 saturated carbocycles. The van der Waals surface area contributed by atoms with Gasteiger partial charge in [-0.3, -0.25) is 9.69 Å². The topological polar surface area (TPSA) is 67.6 Å². The van der Waals surface area contributed by atoms with Gasteiger partial charge in [-0.25, -0.2) is 0 Å². The number of fused-ring (bicyclic) bond motifs is 1. The van der Waals surface area contributed by atoms with Crippen molar-refractivity contribution in [2.75, 3.05) is 26.2 Å². The molecule has 0 radical (unpaired) electrons.